The first-order valence-electron chi connectivity index (χ1n) is 6.94. The highest BCUT2D eigenvalue weighted by Gasteiger charge is 2.24. The van der Waals surface area contributed by atoms with Gasteiger partial charge in [0.2, 0.25) is 0 Å². The molecule has 0 bridgehead atoms. The monoisotopic (exact) mass is 315 g/mol. The second kappa shape index (κ2) is 5.20. The summed E-state index contributed by atoms with van der Waals surface area (Å²) in [6.07, 6.45) is 4.03. The molecule has 3 aromatic rings. The number of aromatic nitrogens is 2. The minimum Gasteiger partial charge on any atom is -0.378 e. The zero-order valence-electron chi connectivity index (χ0n) is 11.3. The summed E-state index contributed by atoms with van der Waals surface area (Å²) in [5.41, 5.74) is 4.68. The molecule has 2 N–H and O–H groups in total. The molecule has 3 nitrogen and oxygen atoms in total. The van der Waals surface area contributed by atoms with Gasteiger partial charge in [0.1, 0.15) is 0 Å². The lowest BCUT2D eigenvalue weighted by atomic mass is 10.1. The van der Waals surface area contributed by atoms with Gasteiger partial charge in [-0.1, -0.05) is 23.7 Å². The number of rotatable bonds is 3. The topological polar surface area (TPSA) is 40.7 Å². The van der Waals surface area contributed by atoms with E-state index in [4.69, 9.17) is 11.6 Å². The zero-order chi connectivity index (χ0) is 14.2. The molecule has 1 aliphatic carbocycles. The highest BCUT2D eigenvalue weighted by Crippen LogP contribution is 2.40. The fourth-order valence-electron chi connectivity index (χ4n) is 2.84. The Balaban J connectivity index is 1.53. The first kappa shape index (κ1) is 12.9. The van der Waals surface area contributed by atoms with E-state index in [-0.39, 0.29) is 0 Å². The molecule has 0 fully saturated rings. The van der Waals surface area contributed by atoms with Gasteiger partial charge in [0.15, 0.2) is 0 Å². The summed E-state index contributed by atoms with van der Waals surface area (Å²) in [6, 6.07) is 12.9. The number of halogens is 1. The number of benzene rings is 1. The standard InChI is InChI=1S/C16H14ClN3S/c17-16-9-12-14(5-6-15(12)21-16)19-11-3-1-10(2-4-11)13-7-8-18-20-13/h1-4,7-9,14,19H,5-6H2,(H,18,20). The van der Waals surface area contributed by atoms with E-state index in [1.54, 1.807) is 17.5 Å². The van der Waals surface area contributed by atoms with Crippen LogP contribution in [-0.2, 0) is 6.42 Å². The van der Waals surface area contributed by atoms with E-state index in [9.17, 15) is 0 Å². The molecule has 0 spiro atoms. The number of anilines is 1. The third-order valence-electron chi connectivity index (χ3n) is 3.88. The van der Waals surface area contributed by atoms with Crippen molar-refractivity contribution in [2.24, 2.45) is 0 Å². The van der Waals surface area contributed by atoms with Crippen LogP contribution in [0.3, 0.4) is 0 Å². The van der Waals surface area contributed by atoms with Gasteiger partial charge in [-0.05, 0) is 48.2 Å². The minimum absolute atomic E-state index is 0.377. The molecule has 0 amide bonds. The summed E-state index contributed by atoms with van der Waals surface area (Å²) in [4.78, 5) is 1.42. The molecule has 0 radical (unpaired) electrons. The molecular weight excluding hydrogens is 302 g/mol. The van der Waals surface area contributed by atoms with Crippen LogP contribution in [0.1, 0.15) is 22.9 Å². The van der Waals surface area contributed by atoms with E-state index in [1.165, 1.54) is 10.4 Å². The van der Waals surface area contributed by atoms with Crippen molar-refractivity contribution >= 4 is 28.6 Å². The Morgan fingerprint density at radius 2 is 2.10 bits per heavy atom. The highest BCUT2D eigenvalue weighted by atomic mass is 35.5. The van der Waals surface area contributed by atoms with Crippen molar-refractivity contribution < 1.29 is 0 Å². The van der Waals surface area contributed by atoms with Gasteiger partial charge in [0, 0.05) is 16.8 Å². The van der Waals surface area contributed by atoms with E-state index < -0.39 is 0 Å². The number of hydrogen-bond acceptors (Lipinski definition) is 3. The number of hydrogen-bond donors (Lipinski definition) is 2. The summed E-state index contributed by atoms with van der Waals surface area (Å²) >= 11 is 7.81. The Morgan fingerprint density at radius 3 is 2.86 bits per heavy atom. The molecule has 0 saturated carbocycles. The van der Waals surface area contributed by atoms with Crippen LogP contribution in [0.4, 0.5) is 5.69 Å². The quantitative estimate of drug-likeness (QED) is 0.722. The van der Waals surface area contributed by atoms with E-state index in [0.717, 1.165) is 34.1 Å². The van der Waals surface area contributed by atoms with Crippen molar-refractivity contribution in [1.29, 1.82) is 0 Å². The van der Waals surface area contributed by atoms with Crippen LogP contribution in [0.5, 0.6) is 0 Å². The fraction of sp³-hybridized carbons (Fsp3) is 0.188. The van der Waals surface area contributed by atoms with Crippen LogP contribution in [0, 0.1) is 0 Å². The molecular formula is C16H14ClN3S. The summed E-state index contributed by atoms with van der Waals surface area (Å²) in [5, 5.41) is 10.6. The minimum atomic E-state index is 0.377. The largest absolute Gasteiger partial charge is 0.378 e. The number of aryl methyl sites for hydroxylation is 1. The second-order valence-corrected chi connectivity index (χ2v) is 6.98. The zero-order valence-corrected chi connectivity index (χ0v) is 12.8. The van der Waals surface area contributed by atoms with Crippen molar-refractivity contribution in [3.05, 3.63) is 57.4 Å². The Bertz CT molecular complexity index is 746. The second-order valence-electron chi connectivity index (χ2n) is 5.21. The van der Waals surface area contributed by atoms with Gasteiger partial charge in [-0.25, -0.2) is 0 Å². The Morgan fingerprint density at radius 1 is 1.24 bits per heavy atom. The normalized spacial score (nSPS) is 16.9. The lowest BCUT2D eigenvalue weighted by Crippen LogP contribution is -2.06. The molecule has 2 aromatic heterocycles. The Labute approximate surface area is 132 Å². The van der Waals surface area contributed by atoms with Gasteiger partial charge in [-0.3, -0.25) is 5.10 Å². The lowest BCUT2D eigenvalue weighted by Gasteiger charge is -2.14. The SMILES string of the molecule is Clc1cc2c(s1)CCC2Nc1ccc(-c2ccn[nH]2)cc1. The Kier molecular flexibility index (Phi) is 3.20. The number of fused-ring (bicyclic) bond motifs is 1. The van der Waals surface area contributed by atoms with Crippen molar-refractivity contribution in [3.8, 4) is 11.3 Å². The van der Waals surface area contributed by atoms with Gasteiger partial charge < -0.3 is 5.32 Å². The number of nitrogens with one attached hydrogen (secondary N) is 2. The van der Waals surface area contributed by atoms with Gasteiger partial charge in [0.25, 0.3) is 0 Å². The summed E-state index contributed by atoms with van der Waals surface area (Å²) < 4.78 is 0.890. The molecule has 106 valence electrons. The first-order chi connectivity index (χ1) is 10.3. The van der Waals surface area contributed by atoms with Crippen LogP contribution in [-0.4, -0.2) is 10.2 Å². The molecule has 1 aliphatic rings. The molecule has 2 heterocycles. The van der Waals surface area contributed by atoms with E-state index in [1.807, 2.05) is 6.07 Å². The fourth-order valence-corrected chi connectivity index (χ4v) is 4.20. The van der Waals surface area contributed by atoms with Crippen molar-refractivity contribution in [2.45, 2.75) is 18.9 Å². The van der Waals surface area contributed by atoms with Gasteiger partial charge in [-0.15, -0.1) is 11.3 Å². The molecule has 1 aromatic carbocycles. The smallest absolute Gasteiger partial charge is 0.0934 e. The molecule has 4 rings (SSSR count). The van der Waals surface area contributed by atoms with E-state index in [0.29, 0.717) is 6.04 Å². The molecule has 1 atom stereocenters. The van der Waals surface area contributed by atoms with Crippen molar-refractivity contribution in [3.63, 3.8) is 0 Å². The number of aromatic amines is 1. The third-order valence-corrected chi connectivity index (χ3v) is 5.22. The average molecular weight is 316 g/mol. The highest BCUT2D eigenvalue weighted by molar-refractivity contribution is 7.16. The molecule has 21 heavy (non-hydrogen) atoms. The van der Waals surface area contributed by atoms with E-state index >= 15 is 0 Å². The number of H-pyrrole nitrogens is 1. The maximum atomic E-state index is 6.11. The van der Waals surface area contributed by atoms with Crippen LogP contribution >= 0.6 is 22.9 Å². The molecule has 1 unspecified atom stereocenters. The van der Waals surface area contributed by atoms with Crippen LogP contribution < -0.4 is 5.32 Å². The summed E-state index contributed by atoms with van der Waals surface area (Å²) in [7, 11) is 0. The van der Waals surface area contributed by atoms with E-state index in [2.05, 4.69) is 45.8 Å². The number of thiophene rings is 1. The summed E-state index contributed by atoms with van der Waals surface area (Å²) in [6.45, 7) is 0. The van der Waals surface area contributed by atoms with Gasteiger partial charge in [0.05, 0.1) is 16.1 Å². The molecule has 5 heteroatoms. The van der Waals surface area contributed by atoms with Crippen LogP contribution in [0.2, 0.25) is 4.34 Å². The maximum Gasteiger partial charge on any atom is 0.0934 e. The predicted octanol–water partition coefficient (Wildman–Crippen LogP) is 4.89. The average Bonchev–Trinajstić information content (AvgIpc) is 3.19. The van der Waals surface area contributed by atoms with Gasteiger partial charge >= 0.3 is 0 Å². The van der Waals surface area contributed by atoms with Crippen molar-refractivity contribution in [1.82, 2.24) is 10.2 Å². The molecule has 0 saturated heterocycles. The van der Waals surface area contributed by atoms with Crippen LogP contribution in [0.15, 0.2) is 42.6 Å². The molecule has 0 aliphatic heterocycles. The Hall–Kier alpha value is -1.78. The third kappa shape index (κ3) is 2.45. The summed E-state index contributed by atoms with van der Waals surface area (Å²) in [5.74, 6) is 0. The maximum absolute atomic E-state index is 6.11. The predicted molar refractivity (Wildman–Crippen MR) is 88.0 cm³/mol. The van der Waals surface area contributed by atoms with Crippen LogP contribution in [0.25, 0.3) is 11.3 Å². The van der Waals surface area contributed by atoms with Crippen molar-refractivity contribution in [2.75, 3.05) is 5.32 Å². The van der Waals surface area contributed by atoms with Gasteiger partial charge in [-0.2, -0.15) is 5.10 Å². The number of nitrogens with zero attached hydrogens (tertiary/aromatic N) is 1. The first-order valence-corrected chi connectivity index (χ1v) is 8.13. The lowest BCUT2D eigenvalue weighted by molar-refractivity contribution is 0.762.